The Labute approximate surface area is 152 Å². The Morgan fingerprint density at radius 1 is 1.09 bits per heavy atom. The van der Waals surface area contributed by atoms with E-state index in [1.54, 1.807) is 36.4 Å². The van der Waals surface area contributed by atoms with Crippen molar-refractivity contribution in [2.75, 3.05) is 12.5 Å². The van der Waals surface area contributed by atoms with Gasteiger partial charge in [0.1, 0.15) is 0 Å². The maximum absolute atomic E-state index is 12.0. The highest BCUT2D eigenvalue weighted by molar-refractivity contribution is 6.50. The minimum absolute atomic E-state index is 0.0361. The molecule has 0 saturated carbocycles. The number of benzene rings is 2. The molecule has 8 heteroatoms. The first-order valence-corrected chi connectivity index (χ1v) is 7.76. The Morgan fingerprint density at radius 2 is 1.83 bits per heavy atom. The van der Waals surface area contributed by atoms with Crippen molar-refractivity contribution >= 4 is 63.8 Å². The molecular formula is C15H10Cl4N2O2. The lowest BCUT2D eigenvalue weighted by Gasteiger charge is -2.09. The molecule has 0 aliphatic heterocycles. The Hall–Kier alpha value is -1.46. The van der Waals surface area contributed by atoms with E-state index in [9.17, 15) is 4.79 Å². The number of methoxy groups -OCH3 is 1. The molecule has 2 aromatic rings. The zero-order chi connectivity index (χ0) is 17.0. The molecule has 2 aromatic carbocycles. The van der Waals surface area contributed by atoms with Crippen LogP contribution in [-0.2, 0) is 9.53 Å². The standard InChI is InChI=1S/C15H10Cl4N2O2/c1-23-15(22)14(9-3-2-4-10(17)13(9)19)21-20-12-6-5-8(16)7-11(12)18/h2-7,20H,1H3/b21-14-. The van der Waals surface area contributed by atoms with Crippen LogP contribution in [0.2, 0.25) is 20.1 Å². The van der Waals surface area contributed by atoms with E-state index in [-0.39, 0.29) is 10.7 Å². The molecule has 23 heavy (non-hydrogen) atoms. The fourth-order valence-electron chi connectivity index (χ4n) is 1.70. The summed E-state index contributed by atoms with van der Waals surface area (Å²) < 4.78 is 4.73. The van der Waals surface area contributed by atoms with Crippen molar-refractivity contribution in [3.63, 3.8) is 0 Å². The fraction of sp³-hybridized carbons (Fsp3) is 0.0667. The topological polar surface area (TPSA) is 50.7 Å². The first-order valence-electron chi connectivity index (χ1n) is 6.25. The molecule has 0 fully saturated rings. The zero-order valence-corrected chi connectivity index (χ0v) is 14.8. The minimum Gasteiger partial charge on any atom is -0.464 e. The molecule has 0 heterocycles. The van der Waals surface area contributed by atoms with Crippen LogP contribution in [0.3, 0.4) is 0 Å². The highest BCUT2D eigenvalue weighted by atomic mass is 35.5. The summed E-state index contributed by atoms with van der Waals surface area (Å²) in [7, 11) is 1.24. The minimum atomic E-state index is -0.674. The molecule has 0 aliphatic rings. The summed E-state index contributed by atoms with van der Waals surface area (Å²) in [6.07, 6.45) is 0. The molecule has 0 amide bonds. The molecule has 120 valence electrons. The molecular weight excluding hydrogens is 382 g/mol. The number of rotatable bonds is 4. The number of hydrogen-bond donors (Lipinski definition) is 1. The number of hydrogen-bond acceptors (Lipinski definition) is 4. The Morgan fingerprint density at radius 3 is 2.48 bits per heavy atom. The predicted molar refractivity (Wildman–Crippen MR) is 95.1 cm³/mol. The van der Waals surface area contributed by atoms with Crippen molar-refractivity contribution in [1.82, 2.24) is 0 Å². The van der Waals surface area contributed by atoms with E-state index in [0.717, 1.165) is 0 Å². The molecule has 0 aromatic heterocycles. The van der Waals surface area contributed by atoms with Gasteiger partial charge in [-0.2, -0.15) is 5.10 Å². The number of ether oxygens (including phenoxy) is 1. The second-order valence-corrected chi connectivity index (χ2v) is 5.92. The van der Waals surface area contributed by atoms with E-state index in [0.29, 0.717) is 26.3 Å². The summed E-state index contributed by atoms with van der Waals surface area (Å²) in [5.74, 6) is -0.674. The Kier molecular flexibility index (Phi) is 6.13. The van der Waals surface area contributed by atoms with Crippen LogP contribution in [0.5, 0.6) is 0 Å². The SMILES string of the molecule is COC(=O)/C(=N\Nc1ccc(Cl)cc1Cl)c1cccc(Cl)c1Cl. The van der Waals surface area contributed by atoms with E-state index in [4.69, 9.17) is 51.1 Å². The number of esters is 1. The number of nitrogens with zero attached hydrogens (tertiary/aromatic N) is 1. The van der Waals surface area contributed by atoms with Crippen molar-refractivity contribution in [2.45, 2.75) is 0 Å². The number of anilines is 1. The van der Waals surface area contributed by atoms with Crippen molar-refractivity contribution in [3.8, 4) is 0 Å². The predicted octanol–water partition coefficient (Wildman–Crippen LogP) is 5.29. The van der Waals surface area contributed by atoms with Crippen molar-refractivity contribution in [1.29, 1.82) is 0 Å². The molecule has 0 spiro atoms. The van der Waals surface area contributed by atoms with E-state index < -0.39 is 5.97 Å². The number of hydrazone groups is 1. The summed E-state index contributed by atoms with van der Waals surface area (Å²) in [4.78, 5) is 12.0. The molecule has 0 unspecified atom stereocenters. The normalized spacial score (nSPS) is 11.3. The molecule has 0 radical (unpaired) electrons. The van der Waals surface area contributed by atoms with Crippen LogP contribution in [0.4, 0.5) is 5.69 Å². The van der Waals surface area contributed by atoms with Gasteiger partial charge in [-0.15, -0.1) is 0 Å². The van der Waals surface area contributed by atoms with Crippen molar-refractivity contribution in [2.24, 2.45) is 5.10 Å². The maximum Gasteiger partial charge on any atom is 0.359 e. The first-order chi connectivity index (χ1) is 10.9. The number of carbonyl (C=O) groups excluding carboxylic acids is 1. The van der Waals surface area contributed by atoms with Crippen LogP contribution in [0.15, 0.2) is 41.5 Å². The Balaban J connectivity index is 2.43. The van der Waals surface area contributed by atoms with E-state index in [2.05, 4.69) is 10.5 Å². The summed E-state index contributed by atoms with van der Waals surface area (Å²) >= 11 is 24.0. The number of nitrogens with one attached hydrogen (secondary N) is 1. The van der Waals surface area contributed by atoms with Gasteiger partial charge in [0.2, 0.25) is 0 Å². The largest absolute Gasteiger partial charge is 0.464 e. The lowest BCUT2D eigenvalue weighted by atomic mass is 10.1. The van der Waals surface area contributed by atoms with Crippen LogP contribution in [0.25, 0.3) is 0 Å². The molecule has 0 saturated heterocycles. The highest BCUT2D eigenvalue weighted by Gasteiger charge is 2.19. The van der Waals surface area contributed by atoms with Crippen LogP contribution in [0.1, 0.15) is 5.56 Å². The van der Waals surface area contributed by atoms with E-state index >= 15 is 0 Å². The smallest absolute Gasteiger partial charge is 0.359 e. The van der Waals surface area contributed by atoms with Gasteiger partial charge in [0, 0.05) is 10.6 Å². The summed E-state index contributed by atoms with van der Waals surface area (Å²) in [6.45, 7) is 0. The Bertz CT molecular complexity index is 778. The monoisotopic (exact) mass is 390 g/mol. The maximum atomic E-state index is 12.0. The van der Waals surface area contributed by atoms with E-state index in [1.807, 2.05) is 0 Å². The second kappa shape index (κ2) is 7.88. The van der Waals surface area contributed by atoms with Gasteiger partial charge >= 0.3 is 5.97 Å². The number of halogens is 4. The molecule has 4 nitrogen and oxygen atoms in total. The van der Waals surface area contributed by atoms with Gasteiger partial charge in [-0.1, -0.05) is 58.5 Å². The van der Waals surface area contributed by atoms with Gasteiger partial charge in [-0.05, 0) is 24.3 Å². The van der Waals surface area contributed by atoms with Gasteiger partial charge in [-0.3, -0.25) is 5.43 Å². The van der Waals surface area contributed by atoms with Crippen LogP contribution in [0, 0.1) is 0 Å². The lowest BCUT2D eigenvalue weighted by molar-refractivity contribution is -0.132. The average molecular weight is 392 g/mol. The third kappa shape index (κ3) is 4.30. The third-order valence-corrected chi connectivity index (χ3v) is 4.17. The molecule has 0 aliphatic carbocycles. The quantitative estimate of drug-likeness (QED) is 0.437. The first kappa shape index (κ1) is 17.9. The van der Waals surface area contributed by atoms with Crippen LogP contribution < -0.4 is 5.43 Å². The van der Waals surface area contributed by atoms with E-state index in [1.165, 1.54) is 7.11 Å². The lowest BCUT2D eigenvalue weighted by Crippen LogP contribution is -2.19. The molecule has 0 atom stereocenters. The molecule has 1 N–H and O–H groups in total. The summed E-state index contributed by atoms with van der Waals surface area (Å²) in [5.41, 5.74) is 3.46. The molecule has 0 bridgehead atoms. The van der Waals surface area contributed by atoms with Gasteiger partial charge in [0.05, 0.1) is 27.9 Å². The van der Waals surface area contributed by atoms with Gasteiger partial charge in [0.15, 0.2) is 5.71 Å². The fourth-order valence-corrected chi connectivity index (χ4v) is 2.54. The third-order valence-electron chi connectivity index (χ3n) is 2.80. The summed E-state index contributed by atoms with van der Waals surface area (Å²) in [5, 5.41) is 5.37. The zero-order valence-electron chi connectivity index (χ0n) is 11.7. The van der Waals surface area contributed by atoms with Gasteiger partial charge in [0.25, 0.3) is 0 Å². The van der Waals surface area contributed by atoms with Crippen LogP contribution >= 0.6 is 46.4 Å². The van der Waals surface area contributed by atoms with Gasteiger partial charge in [-0.25, -0.2) is 4.79 Å². The van der Waals surface area contributed by atoms with Crippen molar-refractivity contribution < 1.29 is 9.53 Å². The number of carbonyl (C=O) groups is 1. The summed E-state index contributed by atoms with van der Waals surface area (Å²) in [6, 6.07) is 9.67. The van der Waals surface area contributed by atoms with Gasteiger partial charge < -0.3 is 4.74 Å². The molecule has 2 rings (SSSR count). The highest BCUT2D eigenvalue weighted by Crippen LogP contribution is 2.28. The average Bonchev–Trinajstić information content (AvgIpc) is 2.52. The van der Waals surface area contributed by atoms with Crippen LogP contribution in [-0.4, -0.2) is 18.8 Å². The van der Waals surface area contributed by atoms with Crippen molar-refractivity contribution in [3.05, 3.63) is 62.1 Å². The second-order valence-electron chi connectivity index (χ2n) is 4.29.